The van der Waals surface area contributed by atoms with Gasteiger partial charge in [0, 0.05) is 16.3 Å². The minimum Gasteiger partial charge on any atom is -0.497 e. The van der Waals surface area contributed by atoms with Crippen molar-refractivity contribution < 1.29 is 14.3 Å². The van der Waals surface area contributed by atoms with E-state index >= 15 is 0 Å². The number of rotatable bonds is 5. The lowest BCUT2D eigenvalue weighted by molar-refractivity contribution is 0.102. The summed E-state index contributed by atoms with van der Waals surface area (Å²) >= 11 is 6.10. The number of benzene rings is 3. The molecule has 0 bridgehead atoms. The summed E-state index contributed by atoms with van der Waals surface area (Å²) in [6.07, 6.45) is 0. The molecular weight excluding hydrogens is 388 g/mol. The van der Waals surface area contributed by atoms with Crippen LogP contribution in [0, 0.1) is 13.8 Å². The van der Waals surface area contributed by atoms with E-state index in [9.17, 15) is 9.59 Å². The molecule has 6 heteroatoms. The van der Waals surface area contributed by atoms with Gasteiger partial charge in [-0.2, -0.15) is 0 Å². The van der Waals surface area contributed by atoms with Crippen LogP contribution in [0.25, 0.3) is 0 Å². The van der Waals surface area contributed by atoms with Crippen molar-refractivity contribution in [1.82, 2.24) is 0 Å². The van der Waals surface area contributed by atoms with Crippen molar-refractivity contribution in [2.24, 2.45) is 0 Å². The van der Waals surface area contributed by atoms with Crippen molar-refractivity contribution in [1.29, 1.82) is 0 Å². The molecule has 0 spiro atoms. The first-order valence-corrected chi connectivity index (χ1v) is 9.39. The number of nitrogens with one attached hydrogen (secondary N) is 2. The van der Waals surface area contributed by atoms with Crippen LogP contribution in [0.1, 0.15) is 31.8 Å². The van der Waals surface area contributed by atoms with Crippen LogP contribution < -0.4 is 15.4 Å². The normalized spacial score (nSPS) is 10.3. The van der Waals surface area contributed by atoms with Gasteiger partial charge in [0.05, 0.1) is 18.4 Å². The number of carbonyl (C=O) groups is 2. The average Bonchev–Trinajstić information content (AvgIpc) is 2.71. The Morgan fingerprint density at radius 1 is 0.828 bits per heavy atom. The summed E-state index contributed by atoms with van der Waals surface area (Å²) in [4.78, 5) is 25.5. The van der Waals surface area contributed by atoms with Gasteiger partial charge in [0.25, 0.3) is 11.8 Å². The second-order valence-corrected chi connectivity index (χ2v) is 7.08. The Labute approximate surface area is 174 Å². The first-order chi connectivity index (χ1) is 13.9. The molecule has 2 amide bonds. The molecule has 3 rings (SSSR count). The van der Waals surface area contributed by atoms with E-state index in [1.54, 1.807) is 43.5 Å². The van der Waals surface area contributed by atoms with Crippen molar-refractivity contribution in [2.75, 3.05) is 17.7 Å². The summed E-state index contributed by atoms with van der Waals surface area (Å²) in [5.74, 6) is -0.0402. The summed E-state index contributed by atoms with van der Waals surface area (Å²) in [7, 11) is 1.56. The number of halogens is 1. The molecule has 0 aromatic heterocycles. The molecule has 29 heavy (non-hydrogen) atoms. The topological polar surface area (TPSA) is 67.4 Å². The highest BCUT2D eigenvalue weighted by Crippen LogP contribution is 2.24. The van der Waals surface area contributed by atoms with Gasteiger partial charge in [-0.1, -0.05) is 29.3 Å². The number of amides is 2. The maximum atomic E-state index is 12.9. The van der Waals surface area contributed by atoms with E-state index in [1.165, 1.54) is 6.07 Å². The van der Waals surface area contributed by atoms with Gasteiger partial charge in [-0.3, -0.25) is 9.59 Å². The summed E-state index contributed by atoms with van der Waals surface area (Å²) in [6, 6.07) is 17.2. The molecule has 0 fully saturated rings. The number of ether oxygens (including phenoxy) is 1. The Hall–Kier alpha value is -3.31. The lowest BCUT2D eigenvalue weighted by atomic mass is 10.1. The highest BCUT2D eigenvalue weighted by atomic mass is 35.5. The van der Waals surface area contributed by atoms with Crippen LogP contribution in [0.2, 0.25) is 5.02 Å². The van der Waals surface area contributed by atoms with E-state index in [2.05, 4.69) is 10.6 Å². The zero-order valence-electron chi connectivity index (χ0n) is 16.4. The Bertz CT molecular complexity index is 1060. The molecule has 0 aliphatic heterocycles. The van der Waals surface area contributed by atoms with E-state index in [-0.39, 0.29) is 17.4 Å². The van der Waals surface area contributed by atoms with E-state index < -0.39 is 0 Å². The summed E-state index contributed by atoms with van der Waals surface area (Å²) < 4.78 is 5.11. The fourth-order valence-corrected chi connectivity index (χ4v) is 3.07. The molecule has 0 heterocycles. The van der Waals surface area contributed by atoms with Crippen LogP contribution in [-0.2, 0) is 0 Å². The van der Waals surface area contributed by atoms with Crippen LogP contribution in [0.15, 0.2) is 60.7 Å². The first-order valence-electron chi connectivity index (χ1n) is 9.01. The molecule has 0 radical (unpaired) electrons. The van der Waals surface area contributed by atoms with Crippen molar-refractivity contribution in [3.05, 3.63) is 87.9 Å². The molecule has 3 aromatic carbocycles. The number of hydrogen-bond donors (Lipinski definition) is 2. The lowest BCUT2D eigenvalue weighted by Gasteiger charge is -2.14. The van der Waals surface area contributed by atoms with E-state index in [0.29, 0.717) is 27.7 Å². The summed E-state index contributed by atoms with van der Waals surface area (Å²) in [6.45, 7) is 3.91. The minimum atomic E-state index is -0.357. The number of carbonyl (C=O) groups excluding carboxylic acids is 2. The minimum absolute atomic E-state index is 0.277. The van der Waals surface area contributed by atoms with E-state index in [4.69, 9.17) is 16.3 Å². The SMILES string of the molecule is COc1ccc(C(=O)Nc2ccc(Cl)cc2C(=O)Nc2ccc(C)cc2C)cc1. The predicted octanol–water partition coefficient (Wildman–Crippen LogP) is 5.47. The number of aryl methyl sites for hydroxylation is 2. The van der Waals surface area contributed by atoms with Crippen molar-refractivity contribution >= 4 is 34.8 Å². The lowest BCUT2D eigenvalue weighted by Crippen LogP contribution is -2.18. The highest BCUT2D eigenvalue weighted by Gasteiger charge is 2.16. The quantitative estimate of drug-likeness (QED) is 0.588. The standard InChI is InChI=1S/C23H21ClN2O3/c1-14-4-10-20(15(2)12-14)25-23(28)19-13-17(24)7-11-21(19)26-22(27)16-5-8-18(29-3)9-6-16/h4-13H,1-3H3,(H,25,28)(H,26,27). The fraction of sp³-hybridized carbons (Fsp3) is 0.130. The van der Waals surface area contributed by atoms with Gasteiger partial charge in [-0.15, -0.1) is 0 Å². The van der Waals surface area contributed by atoms with Crippen LogP contribution in [0.4, 0.5) is 11.4 Å². The Balaban J connectivity index is 1.84. The Morgan fingerprint density at radius 2 is 1.48 bits per heavy atom. The van der Waals surface area contributed by atoms with Gasteiger partial charge < -0.3 is 15.4 Å². The second-order valence-electron chi connectivity index (χ2n) is 6.65. The summed E-state index contributed by atoms with van der Waals surface area (Å²) in [5, 5.41) is 6.07. The van der Waals surface area contributed by atoms with E-state index in [0.717, 1.165) is 11.1 Å². The smallest absolute Gasteiger partial charge is 0.257 e. The molecule has 3 aromatic rings. The van der Waals surface area contributed by atoms with Crippen LogP contribution in [-0.4, -0.2) is 18.9 Å². The molecule has 0 saturated heterocycles. The van der Waals surface area contributed by atoms with E-state index in [1.807, 2.05) is 32.0 Å². The third-order valence-corrected chi connectivity index (χ3v) is 4.69. The zero-order chi connectivity index (χ0) is 21.0. The molecule has 0 unspecified atom stereocenters. The molecule has 0 saturated carbocycles. The molecule has 0 atom stereocenters. The van der Waals surface area contributed by atoms with Crippen LogP contribution >= 0.6 is 11.6 Å². The monoisotopic (exact) mass is 408 g/mol. The Morgan fingerprint density at radius 3 is 2.14 bits per heavy atom. The molecule has 0 aliphatic rings. The van der Waals surface area contributed by atoms with Gasteiger partial charge in [0.1, 0.15) is 5.75 Å². The largest absolute Gasteiger partial charge is 0.497 e. The molecule has 0 aliphatic carbocycles. The number of methoxy groups -OCH3 is 1. The fourth-order valence-electron chi connectivity index (χ4n) is 2.89. The van der Waals surface area contributed by atoms with Crippen molar-refractivity contribution in [3.8, 4) is 5.75 Å². The molecule has 2 N–H and O–H groups in total. The predicted molar refractivity (Wildman–Crippen MR) is 116 cm³/mol. The van der Waals surface area contributed by atoms with Crippen molar-refractivity contribution in [2.45, 2.75) is 13.8 Å². The summed E-state index contributed by atoms with van der Waals surface area (Å²) in [5.41, 5.74) is 3.85. The van der Waals surface area contributed by atoms with Gasteiger partial charge in [0.2, 0.25) is 0 Å². The van der Waals surface area contributed by atoms with Gasteiger partial charge in [-0.05, 0) is 67.9 Å². The molecular formula is C23H21ClN2O3. The zero-order valence-corrected chi connectivity index (χ0v) is 17.1. The van der Waals surface area contributed by atoms with Gasteiger partial charge >= 0.3 is 0 Å². The highest BCUT2D eigenvalue weighted by molar-refractivity contribution is 6.31. The maximum Gasteiger partial charge on any atom is 0.257 e. The maximum absolute atomic E-state index is 12.9. The average molecular weight is 409 g/mol. The third-order valence-electron chi connectivity index (χ3n) is 4.46. The van der Waals surface area contributed by atoms with Crippen LogP contribution in [0.5, 0.6) is 5.75 Å². The Kier molecular flexibility index (Phi) is 6.20. The van der Waals surface area contributed by atoms with Gasteiger partial charge in [0.15, 0.2) is 0 Å². The third kappa shape index (κ3) is 4.95. The first kappa shape index (κ1) is 20.4. The van der Waals surface area contributed by atoms with Crippen LogP contribution in [0.3, 0.4) is 0 Å². The number of hydrogen-bond acceptors (Lipinski definition) is 3. The van der Waals surface area contributed by atoms with Gasteiger partial charge in [-0.25, -0.2) is 0 Å². The number of anilines is 2. The van der Waals surface area contributed by atoms with Crippen molar-refractivity contribution in [3.63, 3.8) is 0 Å². The second kappa shape index (κ2) is 8.80. The molecule has 148 valence electrons. The molecule has 5 nitrogen and oxygen atoms in total.